The van der Waals surface area contributed by atoms with Crippen LogP contribution in [0.3, 0.4) is 0 Å². The summed E-state index contributed by atoms with van der Waals surface area (Å²) in [6, 6.07) is 18.5. The van der Waals surface area contributed by atoms with E-state index in [4.69, 9.17) is 9.15 Å². The van der Waals surface area contributed by atoms with Crippen molar-refractivity contribution in [1.82, 2.24) is 15.2 Å². The Labute approximate surface area is 157 Å². The average molecular weight is 410 g/mol. The number of fused-ring (bicyclic) bond motifs is 1. The van der Waals surface area contributed by atoms with Crippen LogP contribution in [0.15, 0.2) is 69.6 Å². The number of nitrogens with zero attached hydrogens (tertiary/aromatic N) is 3. The number of carbonyl (C=O) groups is 1. The molecule has 0 spiro atoms. The number of carbonyl (C=O) groups excluding carboxylic acids is 1. The number of benzene rings is 2. The quantitative estimate of drug-likeness (QED) is 0.464. The van der Waals surface area contributed by atoms with Gasteiger partial charge in [0.05, 0.1) is 11.1 Å². The zero-order valence-corrected chi connectivity index (χ0v) is 15.0. The summed E-state index contributed by atoms with van der Waals surface area (Å²) in [5.41, 5.74) is 1.74. The highest BCUT2D eigenvalue weighted by molar-refractivity contribution is 9.10. The third-order valence-corrected chi connectivity index (χ3v) is 4.40. The van der Waals surface area contributed by atoms with Crippen LogP contribution in [0.4, 0.5) is 0 Å². The molecule has 0 fully saturated rings. The Balaban J connectivity index is 1.47. The third-order valence-electron chi connectivity index (χ3n) is 3.71. The third kappa shape index (κ3) is 3.34. The van der Waals surface area contributed by atoms with E-state index < -0.39 is 5.97 Å². The second-order valence-electron chi connectivity index (χ2n) is 5.45. The van der Waals surface area contributed by atoms with Gasteiger partial charge in [-0.2, -0.15) is 0 Å². The van der Waals surface area contributed by atoms with Crippen LogP contribution in [0, 0.1) is 0 Å². The molecule has 0 bridgehead atoms. The van der Waals surface area contributed by atoms with E-state index in [1.807, 2.05) is 54.6 Å². The zero-order valence-electron chi connectivity index (χ0n) is 13.4. The second-order valence-corrected chi connectivity index (χ2v) is 6.30. The van der Waals surface area contributed by atoms with Gasteiger partial charge in [0.15, 0.2) is 6.61 Å². The summed E-state index contributed by atoms with van der Waals surface area (Å²) in [6.45, 7) is -0.120. The number of hydrogen-bond donors (Lipinski definition) is 0. The molecule has 0 radical (unpaired) electrons. The highest BCUT2D eigenvalue weighted by Crippen LogP contribution is 2.26. The number of aromatic nitrogens is 3. The minimum atomic E-state index is -0.545. The zero-order chi connectivity index (χ0) is 17.9. The average Bonchev–Trinajstić information content (AvgIpc) is 3.15. The van der Waals surface area contributed by atoms with Crippen molar-refractivity contribution in [2.45, 2.75) is 6.61 Å². The number of halogens is 1. The fourth-order valence-corrected chi connectivity index (χ4v) is 2.89. The molecule has 0 atom stereocenters. The maximum absolute atomic E-state index is 12.2. The first-order chi connectivity index (χ1) is 12.7. The van der Waals surface area contributed by atoms with E-state index in [1.54, 1.807) is 6.07 Å². The molecule has 0 aliphatic carbocycles. The lowest BCUT2D eigenvalue weighted by molar-refractivity contribution is 0.0432. The molecule has 0 aliphatic rings. The van der Waals surface area contributed by atoms with Crippen LogP contribution < -0.4 is 0 Å². The minimum Gasteiger partial charge on any atom is -0.451 e. The minimum absolute atomic E-state index is 0.120. The molecule has 0 aliphatic heterocycles. The van der Waals surface area contributed by atoms with Gasteiger partial charge in [-0.1, -0.05) is 36.4 Å². The van der Waals surface area contributed by atoms with Crippen molar-refractivity contribution in [3.63, 3.8) is 0 Å². The van der Waals surface area contributed by atoms with Gasteiger partial charge in [0.25, 0.3) is 5.89 Å². The molecular formula is C19H12BrN3O3. The molecule has 2 heterocycles. The molecule has 4 aromatic rings. The van der Waals surface area contributed by atoms with Crippen molar-refractivity contribution in [1.29, 1.82) is 0 Å². The largest absolute Gasteiger partial charge is 0.451 e. The lowest BCUT2D eigenvalue weighted by atomic mass is 10.2. The molecule has 7 heteroatoms. The summed E-state index contributed by atoms with van der Waals surface area (Å²) in [4.78, 5) is 16.5. The topological polar surface area (TPSA) is 78.1 Å². The first-order valence-corrected chi connectivity index (χ1v) is 8.60. The first kappa shape index (κ1) is 16.4. The summed E-state index contributed by atoms with van der Waals surface area (Å²) < 4.78 is 11.6. The summed E-state index contributed by atoms with van der Waals surface area (Å²) in [5, 5.41) is 8.86. The Bertz CT molecular complexity index is 1090. The molecule has 2 aromatic carbocycles. The standard InChI is InChI=1S/C19H12BrN3O3/c20-14-7-3-2-6-13(14)18-23-22-17(26-18)11-25-19(24)16-10-9-12-5-1-4-8-15(12)21-16/h1-10H,11H2. The predicted molar refractivity (Wildman–Crippen MR) is 98.3 cm³/mol. The lowest BCUT2D eigenvalue weighted by Gasteiger charge is -2.03. The van der Waals surface area contributed by atoms with Crippen molar-refractivity contribution in [3.8, 4) is 11.5 Å². The Morgan fingerprint density at radius 2 is 1.81 bits per heavy atom. The monoisotopic (exact) mass is 409 g/mol. The van der Waals surface area contributed by atoms with Crippen LogP contribution in [0.25, 0.3) is 22.4 Å². The van der Waals surface area contributed by atoms with Crippen LogP contribution in [0.5, 0.6) is 0 Å². The van der Waals surface area contributed by atoms with Crippen molar-refractivity contribution in [3.05, 3.63) is 76.7 Å². The van der Waals surface area contributed by atoms with Gasteiger partial charge in [0.1, 0.15) is 5.69 Å². The van der Waals surface area contributed by atoms with Crippen LogP contribution in [0.2, 0.25) is 0 Å². The van der Waals surface area contributed by atoms with E-state index in [0.29, 0.717) is 5.89 Å². The number of ether oxygens (including phenoxy) is 1. The maximum Gasteiger partial charge on any atom is 0.357 e. The first-order valence-electron chi connectivity index (χ1n) is 7.81. The Morgan fingerprint density at radius 1 is 1.00 bits per heavy atom. The van der Waals surface area contributed by atoms with Gasteiger partial charge in [-0.05, 0) is 40.2 Å². The van der Waals surface area contributed by atoms with Crippen molar-refractivity contribution < 1.29 is 13.9 Å². The number of para-hydroxylation sites is 1. The van der Waals surface area contributed by atoms with E-state index in [2.05, 4.69) is 31.1 Å². The number of hydrogen-bond acceptors (Lipinski definition) is 6. The number of pyridine rings is 1. The highest BCUT2D eigenvalue weighted by atomic mass is 79.9. The predicted octanol–water partition coefficient (Wildman–Crippen LogP) is 4.40. The molecule has 0 unspecified atom stereocenters. The van der Waals surface area contributed by atoms with E-state index in [9.17, 15) is 4.79 Å². The molecule has 0 N–H and O–H groups in total. The van der Waals surface area contributed by atoms with Gasteiger partial charge in [-0.3, -0.25) is 0 Å². The maximum atomic E-state index is 12.2. The van der Waals surface area contributed by atoms with E-state index >= 15 is 0 Å². The SMILES string of the molecule is O=C(OCc1nnc(-c2ccccc2Br)o1)c1ccc2ccccc2n1. The summed E-state index contributed by atoms with van der Waals surface area (Å²) in [6.07, 6.45) is 0. The van der Waals surface area contributed by atoms with Gasteiger partial charge in [0.2, 0.25) is 5.89 Å². The van der Waals surface area contributed by atoms with Crippen molar-refractivity contribution in [2.75, 3.05) is 0 Å². The summed E-state index contributed by atoms with van der Waals surface area (Å²) in [5.74, 6) is 0.0219. The smallest absolute Gasteiger partial charge is 0.357 e. The van der Waals surface area contributed by atoms with Gasteiger partial charge >= 0.3 is 5.97 Å². The van der Waals surface area contributed by atoms with E-state index in [-0.39, 0.29) is 18.2 Å². The number of esters is 1. The van der Waals surface area contributed by atoms with Crippen molar-refractivity contribution in [2.24, 2.45) is 0 Å². The summed E-state index contributed by atoms with van der Waals surface area (Å²) in [7, 11) is 0. The molecule has 128 valence electrons. The highest BCUT2D eigenvalue weighted by Gasteiger charge is 2.14. The second kappa shape index (κ2) is 7.05. The molecule has 26 heavy (non-hydrogen) atoms. The van der Waals surface area contributed by atoms with Gasteiger partial charge in [-0.15, -0.1) is 10.2 Å². The molecule has 6 nitrogen and oxygen atoms in total. The van der Waals surface area contributed by atoms with Crippen LogP contribution >= 0.6 is 15.9 Å². The Kier molecular flexibility index (Phi) is 4.45. The number of rotatable bonds is 4. The fraction of sp³-hybridized carbons (Fsp3) is 0.0526. The van der Waals surface area contributed by atoms with Gasteiger partial charge in [-0.25, -0.2) is 9.78 Å². The fourth-order valence-electron chi connectivity index (χ4n) is 2.44. The van der Waals surface area contributed by atoms with E-state index in [1.165, 1.54) is 0 Å². The molecule has 0 amide bonds. The molecule has 0 saturated heterocycles. The summed E-state index contributed by atoms with van der Waals surface area (Å²) >= 11 is 3.43. The molecular weight excluding hydrogens is 398 g/mol. The molecule has 0 saturated carbocycles. The van der Waals surface area contributed by atoms with Gasteiger partial charge < -0.3 is 9.15 Å². The van der Waals surface area contributed by atoms with E-state index in [0.717, 1.165) is 20.9 Å². The normalized spacial score (nSPS) is 10.8. The Morgan fingerprint density at radius 3 is 2.69 bits per heavy atom. The molecule has 4 rings (SSSR count). The lowest BCUT2D eigenvalue weighted by Crippen LogP contribution is -2.07. The van der Waals surface area contributed by atoms with Crippen LogP contribution in [0.1, 0.15) is 16.4 Å². The molecule has 2 aromatic heterocycles. The van der Waals surface area contributed by atoms with Crippen LogP contribution in [-0.4, -0.2) is 21.2 Å². The Hall–Kier alpha value is -3.06. The van der Waals surface area contributed by atoms with Crippen LogP contribution in [-0.2, 0) is 11.3 Å². The van der Waals surface area contributed by atoms with Gasteiger partial charge in [0, 0.05) is 9.86 Å². The van der Waals surface area contributed by atoms with Crippen molar-refractivity contribution >= 4 is 32.8 Å².